The van der Waals surface area contributed by atoms with Crippen molar-refractivity contribution in [1.29, 1.82) is 0 Å². The SMILES string of the molecule is CN1C(=O)C2[C@@H]3CC[C@@H](C3)[C@H]2/[N+]1=C1\C=CCCC1. The van der Waals surface area contributed by atoms with Crippen molar-refractivity contribution in [3.8, 4) is 0 Å². The molecule has 1 unspecified atom stereocenters. The molecule has 3 fully saturated rings. The Morgan fingerprint density at radius 2 is 2.17 bits per heavy atom. The highest BCUT2D eigenvalue weighted by atomic mass is 16.2. The molecule has 1 saturated heterocycles. The van der Waals surface area contributed by atoms with Crippen molar-refractivity contribution in [2.45, 2.75) is 44.6 Å². The summed E-state index contributed by atoms with van der Waals surface area (Å²) in [6.45, 7) is 0. The minimum atomic E-state index is 0.302. The third-order valence-corrected chi connectivity index (χ3v) is 5.49. The molecule has 1 aliphatic heterocycles. The molecular weight excluding hydrogens is 224 g/mol. The molecule has 3 heteroatoms. The van der Waals surface area contributed by atoms with Gasteiger partial charge in [0.05, 0.1) is 7.05 Å². The molecule has 0 radical (unpaired) electrons. The number of carbonyl (C=O) groups excluding carboxylic acids is 1. The van der Waals surface area contributed by atoms with Gasteiger partial charge in [0.1, 0.15) is 5.92 Å². The number of amides is 1. The number of rotatable bonds is 0. The van der Waals surface area contributed by atoms with Crippen molar-refractivity contribution in [2.24, 2.45) is 17.8 Å². The van der Waals surface area contributed by atoms with Crippen molar-refractivity contribution in [3.05, 3.63) is 12.2 Å². The normalized spacial score (nSPS) is 46.1. The van der Waals surface area contributed by atoms with Gasteiger partial charge in [0.25, 0.3) is 5.91 Å². The van der Waals surface area contributed by atoms with Crippen LogP contribution in [0, 0.1) is 17.8 Å². The topological polar surface area (TPSA) is 23.3 Å². The minimum Gasteiger partial charge on any atom is -0.268 e. The van der Waals surface area contributed by atoms with E-state index in [0.717, 1.165) is 12.3 Å². The average molecular weight is 245 g/mol. The lowest BCUT2D eigenvalue weighted by Crippen LogP contribution is -2.39. The molecule has 3 aliphatic carbocycles. The highest BCUT2D eigenvalue weighted by Gasteiger charge is 2.64. The van der Waals surface area contributed by atoms with Crippen LogP contribution in [0.1, 0.15) is 38.5 Å². The van der Waals surface area contributed by atoms with Crippen LogP contribution in [0.25, 0.3) is 0 Å². The Balaban J connectivity index is 1.81. The van der Waals surface area contributed by atoms with Gasteiger partial charge in [-0.05, 0) is 38.0 Å². The van der Waals surface area contributed by atoms with E-state index in [-0.39, 0.29) is 0 Å². The molecule has 2 saturated carbocycles. The molecule has 4 aliphatic rings. The first kappa shape index (κ1) is 10.8. The number of hydrogen-bond donors (Lipinski definition) is 0. The largest absolute Gasteiger partial charge is 0.287 e. The number of carbonyl (C=O) groups is 1. The Morgan fingerprint density at radius 1 is 1.33 bits per heavy atom. The van der Waals surface area contributed by atoms with Crippen molar-refractivity contribution >= 4 is 11.6 Å². The smallest absolute Gasteiger partial charge is 0.268 e. The van der Waals surface area contributed by atoms with Crippen molar-refractivity contribution in [1.82, 2.24) is 5.01 Å². The molecule has 0 N–H and O–H groups in total. The van der Waals surface area contributed by atoms with Crippen molar-refractivity contribution in [3.63, 3.8) is 0 Å². The first-order valence-corrected chi connectivity index (χ1v) is 7.36. The molecule has 96 valence electrons. The Kier molecular flexibility index (Phi) is 2.21. The Labute approximate surface area is 108 Å². The number of allylic oxidation sites excluding steroid dienone is 2. The third kappa shape index (κ3) is 1.25. The van der Waals surface area contributed by atoms with Crippen LogP contribution in [0.3, 0.4) is 0 Å². The van der Waals surface area contributed by atoms with Crippen LogP contribution >= 0.6 is 0 Å². The summed E-state index contributed by atoms with van der Waals surface area (Å²) in [4.78, 5) is 12.5. The number of nitrogens with zero attached hydrogens (tertiary/aromatic N) is 2. The van der Waals surface area contributed by atoms with Gasteiger partial charge >= 0.3 is 0 Å². The maximum Gasteiger partial charge on any atom is 0.287 e. The molecular formula is C15H21N2O+. The van der Waals surface area contributed by atoms with Gasteiger partial charge in [0.15, 0.2) is 6.04 Å². The molecule has 1 amide bonds. The zero-order chi connectivity index (χ0) is 12.3. The van der Waals surface area contributed by atoms with Crippen LogP contribution in [-0.4, -0.2) is 34.4 Å². The summed E-state index contributed by atoms with van der Waals surface area (Å²) in [6, 6.07) is 0.485. The van der Waals surface area contributed by atoms with E-state index in [9.17, 15) is 4.79 Å². The average Bonchev–Trinajstić information content (AvgIpc) is 3.06. The molecule has 0 aromatic rings. The van der Waals surface area contributed by atoms with Crippen LogP contribution in [-0.2, 0) is 4.79 Å². The zero-order valence-corrected chi connectivity index (χ0v) is 11.0. The molecule has 4 rings (SSSR count). The molecule has 3 nitrogen and oxygen atoms in total. The quantitative estimate of drug-likeness (QED) is 0.599. The number of hydrogen-bond acceptors (Lipinski definition) is 1. The van der Waals surface area contributed by atoms with Crippen LogP contribution in [0.4, 0.5) is 0 Å². The molecule has 4 atom stereocenters. The number of hydrazine groups is 1. The Hall–Kier alpha value is -1.12. The summed E-state index contributed by atoms with van der Waals surface area (Å²) in [6.07, 6.45) is 12.0. The predicted molar refractivity (Wildman–Crippen MR) is 69.1 cm³/mol. The maximum absolute atomic E-state index is 12.5. The van der Waals surface area contributed by atoms with Gasteiger partial charge in [0.2, 0.25) is 5.71 Å². The highest BCUT2D eigenvalue weighted by Crippen LogP contribution is 2.53. The van der Waals surface area contributed by atoms with Gasteiger partial charge in [-0.25, -0.2) is 0 Å². The third-order valence-electron chi connectivity index (χ3n) is 5.49. The second-order valence-corrected chi connectivity index (χ2v) is 6.34. The lowest BCUT2D eigenvalue weighted by molar-refractivity contribution is -0.685. The molecule has 18 heavy (non-hydrogen) atoms. The summed E-state index contributed by atoms with van der Waals surface area (Å²) in [5.41, 5.74) is 1.37. The second-order valence-electron chi connectivity index (χ2n) is 6.34. The van der Waals surface area contributed by atoms with E-state index < -0.39 is 0 Å². The first-order valence-electron chi connectivity index (χ1n) is 7.36. The van der Waals surface area contributed by atoms with E-state index in [4.69, 9.17) is 0 Å². The summed E-state index contributed by atoms with van der Waals surface area (Å²) >= 11 is 0. The summed E-state index contributed by atoms with van der Waals surface area (Å²) in [5, 5.41) is 1.92. The van der Waals surface area contributed by atoms with Gasteiger partial charge in [-0.15, -0.1) is 9.69 Å². The molecule has 0 spiro atoms. The van der Waals surface area contributed by atoms with E-state index in [1.165, 1.54) is 37.8 Å². The van der Waals surface area contributed by atoms with Crippen molar-refractivity contribution in [2.75, 3.05) is 7.05 Å². The van der Waals surface area contributed by atoms with E-state index in [1.54, 1.807) is 0 Å². The maximum atomic E-state index is 12.5. The van der Waals surface area contributed by atoms with Crippen LogP contribution in [0.15, 0.2) is 12.2 Å². The van der Waals surface area contributed by atoms with Gasteiger partial charge < -0.3 is 0 Å². The van der Waals surface area contributed by atoms with E-state index in [0.29, 0.717) is 23.8 Å². The van der Waals surface area contributed by atoms with Crippen LogP contribution < -0.4 is 0 Å². The lowest BCUT2D eigenvalue weighted by atomic mass is 9.85. The van der Waals surface area contributed by atoms with E-state index in [2.05, 4.69) is 16.8 Å². The van der Waals surface area contributed by atoms with E-state index in [1.807, 2.05) is 12.1 Å². The number of fused-ring (bicyclic) bond motifs is 5. The molecule has 0 aromatic carbocycles. The summed E-state index contributed by atoms with van der Waals surface area (Å²) in [7, 11) is 1.97. The summed E-state index contributed by atoms with van der Waals surface area (Å²) < 4.78 is 2.35. The monoisotopic (exact) mass is 245 g/mol. The standard InChI is InChI=1S/C15H21N2O/c1-16-15(18)13-10-7-8-11(9-10)14(13)17(16)12-5-3-2-4-6-12/h3,5,10-11,13-14H,2,4,6-9H2,1H3/q+1/b17-12-/t10-,11+,13?,14-/m1/s1. The van der Waals surface area contributed by atoms with Crippen molar-refractivity contribution < 1.29 is 9.48 Å². The van der Waals surface area contributed by atoms with Gasteiger partial charge in [0, 0.05) is 18.4 Å². The van der Waals surface area contributed by atoms with Crippen LogP contribution in [0.5, 0.6) is 0 Å². The van der Waals surface area contributed by atoms with Crippen LogP contribution in [0.2, 0.25) is 0 Å². The lowest BCUT2D eigenvalue weighted by Gasteiger charge is -2.19. The Bertz CT molecular complexity index is 465. The first-order chi connectivity index (χ1) is 8.77. The molecule has 2 bridgehead atoms. The molecule has 1 heterocycles. The van der Waals surface area contributed by atoms with E-state index >= 15 is 0 Å². The Morgan fingerprint density at radius 3 is 2.94 bits per heavy atom. The fourth-order valence-corrected chi connectivity index (χ4v) is 4.76. The zero-order valence-electron chi connectivity index (χ0n) is 11.0. The van der Waals surface area contributed by atoms with Gasteiger partial charge in [-0.2, -0.15) is 0 Å². The van der Waals surface area contributed by atoms with Gasteiger partial charge in [-0.3, -0.25) is 4.79 Å². The molecule has 0 aromatic heterocycles. The number of hydrazone groups is 1. The minimum absolute atomic E-state index is 0.302. The fourth-order valence-electron chi connectivity index (χ4n) is 4.76. The second kappa shape index (κ2) is 3.69. The summed E-state index contributed by atoms with van der Waals surface area (Å²) in [5.74, 6) is 2.11. The predicted octanol–water partition coefficient (Wildman–Crippen LogP) is 1.98. The fraction of sp³-hybridized carbons (Fsp3) is 0.733. The van der Waals surface area contributed by atoms with Gasteiger partial charge in [-0.1, -0.05) is 6.08 Å². The highest BCUT2D eigenvalue weighted by molar-refractivity contribution is 5.92.